The standard InChI is InChI=1S/C17H11ClF2/c18-17(15-9-8-12(19)10-16(15)20)14-7-3-5-11-4-1-2-6-13(11)14/h1-10,17H. The van der Waals surface area contributed by atoms with Gasteiger partial charge in [-0.05, 0) is 22.4 Å². The van der Waals surface area contributed by atoms with Crippen LogP contribution in [0.25, 0.3) is 10.8 Å². The molecule has 0 N–H and O–H groups in total. The molecule has 0 radical (unpaired) electrons. The average molecular weight is 289 g/mol. The Labute approximate surface area is 120 Å². The van der Waals surface area contributed by atoms with Crippen LogP contribution in [0.1, 0.15) is 16.5 Å². The largest absolute Gasteiger partial charge is 0.207 e. The summed E-state index contributed by atoms with van der Waals surface area (Å²) >= 11 is 6.41. The first-order chi connectivity index (χ1) is 9.66. The molecule has 0 aliphatic rings. The van der Waals surface area contributed by atoms with Crippen LogP contribution in [0.3, 0.4) is 0 Å². The highest BCUT2D eigenvalue weighted by Gasteiger charge is 2.17. The second-order valence-corrected chi connectivity index (χ2v) is 5.03. The fourth-order valence-electron chi connectivity index (χ4n) is 2.35. The molecule has 3 heteroatoms. The van der Waals surface area contributed by atoms with Crippen LogP contribution >= 0.6 is 11.6 Å². The molecule has 3 aromatic carbocycles. The van der Waals surface area contributed by atoms with Gasteiger partial charge in [-0.15, -0.1) is 11.6 Å². The third-order valence-corrected chi connectivity index (χ3v) is 3.80. The summed E-state index contributed by atoms with van der Waals surface area (Å²) < 4.78 is 26.8. The topological polar surface area (TPSA) is 0 Å². The van der Waals surface area contributed by atoms with Gasteiger partial charge in [0.1, 0.15) is 11.6 Å². The summed E-state index contributed by atoms with van der Waals surface area (Å²) in [5.74, 6) is -1.23. The number of hydrogen-bond donors (Lipinski definition) is 0. The lowest BCUT2D eigenvalue weighted by molar-refractivity contribution is 0.574. The summed E-state index contributed by atoms with van der Waals surface area (Å²) in [4.78, 5) is 0. The summed E-state index contributed by atoms with van der Waals surface area (Å²) in [7, 11) is 0. The Morgan fingerprint density at radius 2 is 1.55 bits per heavy atom. The van der Waals surface area contributed by atoms with Crippen molar-refractivity contribution < 1.29 is 8.78 Å². The predicted octanol–water partition coefficient (Wildman–Crippen LogP) is 5.45. The van der Waals surface area contributed by atoms with Crippen molar-refractivity contribution in [2.24, 2.45) is 0 Å². The Kier molecular flexibility index (Phi) is 3.41. The van der Waals surface area contributed by atoms with E-state index in [4.69, 9.17) is 11.6 Å². The average Bonchev–Trinajstić information content (AvgIpc) is 2.46. The summed E-state index contributed by atoms with van der Waals surface area (Å²) in [5, 5.41) is 1.36. The van der Waals surface area contributed by atoms with Gasteiger partial charge in [0.2, 0.25) is 0 Å². The van der Waals surface area contributed by atoms with Crippen molar-refractivity contribution in [3.63, 3.8) is 0 Å². The van der Waals surface area contributed by atoms with Crippen LogP contribution in [-0.2, 0) is 0 Å². The quantitative estimate of drug-likeness (QED) is 0.550. The first-order valence-corrected chi connectivity index (χ1v) is 6.67. The van der Waals surface area contributed by atoms with Gasteiger partial charge < -0.3 is 0 Å². The summed E-state index contributed by atoms with van der Waals surface area (Å²) in [6, 6.07) is 17.0. The van der Waals surface area contributed by atoms with E-state index in [0.717, 1.165) is 22.4 Å². The molecule has 0 bridgehead atoms. The van der Waals surface area contributed by atoms with E-state index in [1.165, 1.54) is 12.1 Å². The van der Waals surface area contributed by atoms with Crippen molar-refractivity contribution in [2.75, 3.05) is 0 Å². The molecule has 0 amide bonds. The van der Waals surface area contributed by atoms with E-state index < -0.39 is 17.0 Å². The van der Waals surface area contributed by atoms with Gasteiger partial charge >= 0.3 is 0 Å². The number of fused-ring (bicyclic) bond motifs is 1. The molecule has 3 aromatic rings. The predicted molar refractivity (Wildman–Crippen MR) is 78.0 cm³/mol. The molecule has 100 valence electrons. The zero-order valence-corrected chi connectivity index (χ0v) is 11.2. The molecule has 20 heavy (non-hydrogen) atoms. The molecule has 3 rings (SSSR count). The molecule has 0 saturated heterocycles. The van der Waals surface area contributed by atoms with Gasteiger partial charge in [-0.2, -0.15) is 0 Å². The number of hydrogen-bond acceptors (Lipinski definition) is 0. The highest BCUT2D eigenvalue weighted by Crippen LogP contribution is 2.35. The van der Waals surface area contributed by atoms with E-state index in [-0.39, 0.29) is 5.56 Å². The van der Waals surface area contributed by atoms with Crippen molar-refractivity contribution in [2.45, 2.75) is 5.38 Å². The minimum absolute atomic E-state index is 0.282. The van der Waals surface area contributed by atoms with Gasteiger partial charge in [0.25, 0.3) is 0 Å². The van der Waals surface area contributed by atoms with E-state index in [1.807, 2.05) is 42.5 Å². The van der Waals surface area contributed by atoms with Crippen molar-refractivity contribution in [1.29, 1.82) is 0 Å². The molecule has 0 aliphatic heterocycles. The minimum atomic E-state index is -0.651. The fraction of sp³-hybridized carbons (Fsp3) is 0.0588. The van der Waals surface area contributed by atoms with Crippen molar-refractivity contribution >= 4 is 22.4 Å². The van der Waals surface area contributed by atoms with Crippen molar-refractivity contribution in [3.05, 3.63) is 83.4 Å². The first kappa shape index (κ1) is 13.1. The smallest absolute Gasteiger partial charge is 0.131 e. The molecule has 0 fully saturated rings. The van der Waals surface area contributed by atoms with E-state index in [0.29, 0.717) is 0 Å². The lowest BCUT2D eigenvalue weighted by Crippen LogP contribution is -1.98. The van der Waals surface area contributed by atoms with Gasteiger partial charge in [-0.25, -0.2) is 8.78 Å². The SMILES string of the molecule is Fc1ccc(C(Cl)c2cccc3ccccc23)c(F)c1. The third-order valence-electron chi connectivity index (χ3n) is 3.33. The second kappa shape index (κ2) is 5.22. The molecule has 1 atom stereocenters. The minimum Gasteiger partial charge on any atom is -0.207 e. The van der Waals surface area contributed by atoms with Gasteiger partial charge in [0.05, 0.1) is 5.38 Å². The van der Waals surface area contributed by atoms with Crippen LogP contribution in [0, 0.1) is 11.6 Å². The maximum absolute atomic E-state index is 13.9. The molecular weight excluding hydrogens is 278 g/mol. The fourth-order valence-corrected chi connectivity index (χ4v) is 2.71. The first-order valence-electron chi connectivity index (χ1n) is 6.23. The molecule has 0 aromatic heterocycles. The van der Waals surface area contributed by atoms with Crippen LogP contribution in [0.5, 0.6) is 0 Å². The van der Waals surface area contributed by atoms with Gasteiger partial charge in [0.15, 0.2) is 0 Å². The van der Waals surface area contributed by atoms with E-state index >= 15 is 0 Å². The van der Waals surface area contributed by atoms with Gasteiger partial charge in [0, 0.05) is 11.6 Å². The van der Waals surface area contributed by atoms with Crippen molar-refractivity contribution in [1.82, 2.24) is 0 Å². The molecule has 1 unspecified atom stereocenters. The van der Waals surface area contributed by atoms with E-state index in [1.54, 1.807) is 0 Å². The van der Waals surface area contributed by atoms with Crippen LogP contribution in [0.2, 0.25) is 0 Å². The molecule has 0 aliphatic carbocycles. The monoisotopic (exact) mass is 288 g/mol. The highest BCUT2D eigenvalue weighted by atomic mass is 35.5. The lowest BCUT2D eigenvalue weighted by Gasteiger charge is -2.14. The Balaban J connectivity index is 2.15. The molecule has 0 nitrogen and oxygen atoms in total. The normalized spacial score (nSPS) is 12.6. The number of halogens is 3. The summed E-state index contributed by atoms with van der Waals surface area (Å²) in [6.07, 6.45) is 0. The van der Waals surface area contributed by atoms with Crippen molar-refractivity contribution in [3.8, 4) is 0 Å². The number of alkyl halides is 1. The summed E-state index contributed by atoms with van der Waals surface area (Å²) in [5.41, 5.74) is 1.10. The van der Waals surface area contributed by atoms with Gasteiger partial charge in [-0.3, -0.25) is 0 Å². The Bertz CT molecular complexity index is 763. The Morgan fingerprint density at radius 3 is 2.35 bits per heavy atom. The molecule has 0 spiro atoms. The molecule has 0 saturated carbocycles. The van der Waals surface area contributed by atoms with Crippen LogP contribution < -0.4 is 0 Å². The Hall–Kier alpha value is -1.93. The number of rotatable bonds is 2. The van der Waals surface area contributed by atoms with Crippen LogP contribution in [-0.4, -0.2) is 0 Å². The second-order valence-electron chi connectivity index (χ2n) is 4.60. The van der Waals surface area contributed by atoms with Crippen LogP contribution in [0.4, 0.5) is 8.78 Å². The maximum Gasteiger partial charge on any atom is 0.131 e. The zero-order valence-electron chi connectivity index (χ0n) is 10.5. The van der Waals surface area contributed by atoms with Crippen LogP contribution in [0.15, 0.2) is 60.7 Å². The molecular formula is C17H11ClF2. The third kappa shape index (κ3) is 2.27. The Morgan fingerprint density at radius 1 is 0.800 bits per heavy atom. The highest BCUT2D eigenvalue weighted by molar-refractivity contribution is 6.23. The zero-order chi connectivity index (χ0) is 14.1. The molecule has 0 heterocycles. The maximum atomic E-state index is 13.9. The number of benzene rings is 3. The van der Waals surface area contributed by atoms with E-state index in [9.17, 15) is 8.78 Å². The van der Waals surface area contributed by atoms with E-state index in [2.05, 4.69) is 0 Å². The summed E-state index contributed by atoms with van der Waals surface area (Å²) in [6.45, 7) is 0. The van der Waals surface area contributed by atoms with Gasteiger partial charge in [-0.1, -0.05) is 48.5 Å². The lowest BCUT2D eigenvalue weighted by atomic mass is 9.98.